The minimum absolute atomic E-state index is 0. The molecule has 4 aromatic rings. The molecule has 3 saturated carbocycles. The Balaban J connectivity index is 0.000000236. The molecule has 7 aliphatic rings. The van der Waals surface area contributed by atoms with E-state index in [9.17, 15) is 28.8 Å². The SMILES string of the molecule is CC[C@@H]1[C@@H]2CN(C(=O)[C@H](C(C)(C)C)NC(=O)O[C@@H]3CC4CC4[C@H]3CCCC(F)C(F)c3nc4ccc(OC)cc4nc3O2)[C@@H]1[C-]=O.CC[C@@H]1[C@@H]2CN(C(=O)[C@H](C(C)(C)C)NC(=O)O[C@]3(C)CCC[C@H]3CCCC(F)C(F)c3nc4ccc(OC)cc4nc3O2)[C@@H]1[C-]=O.[V].[V]. The van der Waals surface area contributed by atoms with E-state index in [-0.39, 0.29) is 104 Å². The number of halogens is 4. The number of alkyl carbamates (subject to hydrolysis) is 2. The molecule has 0 spiro atoms. The molecule has 2 aromatic heterocycles. The van der Waals surface area contributed by atoms with Crippen LogP contribution < -0.4 is 29.6 Å². The molecule has 26 heteroatoms. The maximum absolute atomic E-state index is 16.1. The molecule has 2 radical (unpaired) electrons. The number of methoxy groups -OCH3 is 2. The molecule has 3 aliphatic carbocycles. The Kier molecular flexibility index (Phi) is 23.7. The number of benzene rings is 2. The smallest absolute Gasteiger partial charge is 0.408 e. The van der Waals surface area contributed by atoms with Crippen molar-refractivity contribution in [2.24, 2.45) is 46.3 Å². The molecule has 2 aromatic carbocycles. The third-order valence-corrected chi connectivity index (χ3v) is 20.4. The van der Waals surface area contributed by atoms with Crippen LogP contribution in [0.2, 0.25) is 0 Å². The zero-order chi connectivity index (χ0) is 66.3. The predicted octanol–water partition coefficient (Wildman–Crippen LogP) is 11.4. The summed E-state index contributed by atoms with van der Waals surface area (Å²) in [5.74, 6) is -0.588. The van der Waals surface area contributed by atoms with Gasteiger partial charge in [-0.1, -0.05) is 93.2 Å². The van der Waals surface area contributed by atoms with Crippen LogP contribution in [-0.4, -0.2) is 154 Å². The molecule has 6 unspecified atom stereocenters. The number of aromatic nitrogens is 4. The molecule has 94 heavy (non-hydrogen) atoms. The van der Waals surface area contributed by atoms with Gasteiger partial charge in [-0.25, -0.2) is 59.7 Å². The number of carbonyl (C=O) groups excluding carboxylic acids is 6. The third-order valence-electron chi connectivity index (χ3n) is 20.4. The first-order valence-corrected chi connectivity index (χ1v) is 32.7. The number of carbonyl (C=O) groups is 4. The van der Waals surface area contributed by atoms with Crippen molar-refractivity contribution >= 4 is 58.6 Å². The molecule has 20 nitrogen and oxygen atoms in total. The van der Waals surface area contributed by atoms with Gasteiger partial charge in [-0.3, -0.25) is 9.59 Å². The first kappa shape index (κ1) is 73.8. The van der Waals surface area contributed by atoms with E-state index in [4.69, 9.17) is 28.4 Å². The van der Waals surface area contributed by atoms with Crippen molar-refractivity contribution in [3.8, 4) is 23.3 Å². The monoisotopic (exact) mass is 1390 g/mol. The van der Waals surface area contributed by atoms with Gasteiger partial charge in [0.1, 0.15) is 71.2 Å². The van der Waals surface area contributed by atoms with Crippen LogP contribution in [0.25, 0.3) is 22.1 Å². The second-order valence-electron chi connectivity index (χ2n) is 28.5. The Morgan fingerprint density at radius 1 is 0.596 bits per heavy atom. The number of nitrogens with zero attached hydrogens (tertiary/aromatic N) is 6. The fourth-order valence-electron chi connectivity index (χ4n) is 15.0. The van der Waals surface area contributed by atoms with Gasteiger partial charge >= 0.3 is 12.2 Å². The number of ether oxygens (including phenoxy) is 6. The van der Waals surface area contributed by atoms with E-state index < -0.39 is 113 Å². The number of fused-ring (bicyclic) bond motifs is 12. The van der Waals surface area contributed by atoms with E-state index in [0.29, 0.717) is 96.8 Å². The Morgan fingerprint density at radius 3 is 1.50 bits per heavy atom. The molecule has 5 fully saturated rings. The Bertz CT molecular complexity index is 3280. The van der Waals surface area contributed by atoms with Gasteiger partial charge in [0.15, 0.2) is 12.3 Å². The van der Waals surface area contributed by atoms with Crippen LogP contribution in [0.15, 0.2) is 36.4 Å². The maximum Gasteiger partial charge on any atom is 0.408 e. The van der Waals surface area contributed by atoms with Crippen molar-refractivity contribution in [3.63, 3.8) is 0 Å². The van der Waals surface area contributed by atoms with Crippen LogP contribution in [0.3, 0.4) is 0 Å². The normalized spacial score (nSPS) is 33.2. The van der Waals surface area contributed by atoms with E-state index in [1.54, 1.807) is 36.4 Å². The third kappa shape index (κ3) is 15.5. The molecule has 11 rings (SSSR count). The first-order chi connectivity index (χ1) is 43.7. The Morgan fingerprint density at radius 2 is 1.05 bits per heavy atom. The Labute approximate surface area is 571 Å². The van der Waals surface area contributed by atoms with Crippen LogP contribution in [0, 0.1) is 46.3 Å². The van der Waals surface area contributed by atoms with Crippen molar-refractivity contribution in [1.29, 1.82) is 0 Å². The van der Waals surface area contributed by atoms with E-state index >= 15 is 17.6 Å². The summed E-state index contributed by atoms with van der Waals surface area (Å²) in [7, 11) is 3.01. The van der Waals surface area contributed by atoms with Gasteiger partial charge in [-0.05, 0) is 135 Å². The molecule has 4 amide bonds. The average Bonchev–Trinajstić information content (AvgIpc) is 1.59. The second kappa shape index (κ2) is 30.2. The summed E-state index contributed by atoms with van der Waals surface area (Å²) in [4.78, 5) is 101. The fraction of sp³-hybridized carbons (Fsp3) is 0.676. The summed E-state index contributed by atoms with van der Waals surface area (Å²) in [6.45, 7) is 16.4. The summed E-state index contributed by atoms with van der Waals surface area (Å²) in [6, 6.07) is 5.79. The topological polar surface area (TPSA) is 240 Å². The standard InChI is InChI=1S/C34H43F2N4O6.C34H45F2N4O6.2V/c1-6-19-25(16-41)40-15-27(19)45-31-29(37-23-11-10-18(44-5)14-24(23)38-31)28(36)22(35)9-7-8-20-21-12-17(21)13-26(20)46-33(43)39-30(32(40)42)34(2,3)4;1-7-21-25(18-41)40-17-26(21)45-30-28(37-23-14-13-20(44-6)16-24(23)38-30)27(36)22(35)12-8-10-19-11-9-15-34(19,5)46-32(43)39-29(31(40)42)33(2,3)4;;/h10-11,14,17,19-22,25-28,30H,6-9,12-13,15H2,1-5H3,(H,39,43);13-14,16,19,21-22,25-27,29H,7-12,15,17H2,1-6H3,(H,39,43);;/q2*-1;;/t17?,19-,20+,21?,22?,25+,26+,27-,28?,30+;19-,21+,22?,25-,26+,27?,29-,34-;;/m01../s1. The summed E-state index contributed by atoms with van der Waals surface area (Å²) >= 11 is 0. The number of hydrogen-bond acceptors (Lipinski definition) is 16. The minimum atomic E-state index is -2.14. The first-order valence-electron chi connectivity index (χ1n) is 32.7. The van der Waals surface area contributed by atoms with Crippen LogP contribution in [0.5, 0.6) is 23.3 Å². The van der Waals surface area contributed by atoms with Crippen molar-refractivity contribution in [2.45, 2.75) is 219 Å². The van der Waals surface area contributed by atoms with Gasteiger partial charge in [-0.2, -0.15) is 0 Å². The van der Waals surface area contributed by atoms with Gasteiger partial charge in [0.2, 0.25) is 23.6 Å². The molecule has 512 valence electrons. The minimum Gasteiger partial charge on any atom is -0.540 e. The van der Waals surface area contributed by atoms with Gasteiger partial charge in [0.05, 0.1) is 49.4 Å². The van der Waals surface area contributed by atoms with Crippen LogP contribution in [-0.2, 0) is 65.8 Å². The number of rotatable bonds is 6. The second-order valence-corrected chi connectivity index (χ2v) is 28.5. The molecular weight excluding hydrogens is 1300 g/mol. The van der Waals surface area contributed by atoms with Gasteiger partial charge in [0, 0.05) is 49.2 Å². The van der Waals surface area contributed by atoms with Crippen LogP contribution >= 0.6 is 0 Å². The van der Waals surface area contributed by atoms with E-state index in [0.717, 1.165) is 19.3 Å². The van der Waals surface area contributed by atoms with Gasteiger partial charge in [-0.15, -0.1) is 0 Å². The van der Waals surface area contributed by atoms with Crippen LogP contribution in [0.4, 0.5) is 27.2 Å². The largest absolute Gasteiger partial charge is 0.540 e. The van der Waals surface area contributed by atoms with E-state index in [1.165, 1.54) is 24.0 Å². The average molecular weight is 1390 g/mol. The van der Waals surface area contributed by atoms with Crippen LogP contribution in [0.1, 0.15) is 170 Å². The van der Waals surface area contributed by atoms with Gasteiger partial charge < -0.3 is 58.4 Å². The predicted molar refractivity (Wildman–Crippen MR) is 331 cm³/mol. The number of nitrogens with one attached hydrogen (secondary N) is 2. The van der Waals surface area contributed by atoms with Crippen molar-refractivity contribution in [3.05, 3.63) is 47.8 Å². The summed E-state index contributed by atoms with van der Waals surface area (Å²) in [5, 5.41) is 5.61. The van der Waals surface area contributed by atoms with E-state index in [1.807, 2.05) is 74.9 Å². The fourth-order valence-corrected chi connectivity index (χ4v) is 15.0. The molecular formula is C68H88F4N8O12V2-2. The van der Waals surface area contributed by atoms with E-state index in [2.05, 4.69) is 30.6 Å². The van der Waals surface area contributed by atoms with Crippen molar-refractivity contribution in [1.82, 2.24) is 40.4 Å². The Hall–Kier alpha value is -5.97. The van der Waals surface area contributed by atoms with Crippen molar-refractivity contribution in [2.75, 3.05) is 27.3 Å². The van der Waals surface area contributed by atoms with Gasteiger partial charge in [0.25, 0.3) is 0 Å². The summed E-state index contributed by atoms with van der Waals surface area (Å²) in [5.41, 5.74) is -1.41. The molecule has 2 saturated heterocycles. The molecule has 2 N–H and O–H groups in total. The summed E-state index contributed by atoms with van der Waals surface area (Å²) < 4.78 is 98.7. The molecule has 6 heterocycles. The quantitative estimate of drug-likeness (QED) is 0.135. The zero-order valence-corrected chi connectivity index (χ0v) is 58.2. The number of hydrogen-bond donors (Lipinski definition) is 2. The number of amides is 4. The molecule has 4 bridgehead atoms. The summed E-state index contributed by atoms with van der Waals surface area (Å²) in [6.07, 6.45) is -0.830. The molecule has 18 atom stereocenters. The zero-order valence-electron chi connectivity index (χ0n) is 55.4. The maximum atomic E-state index is 16.1. The number of alkyl halides is 4. The molecule has 4 aliphatic heterocycles. The van der Waals surface area contributed by atoms with Crippen molar-refractivity contribution < 1.29 is 112 Å².